The summed E-state index contributed by atoms with van der Waals surface area (Å²) in [6.07, 6.45) is 0.138. The van der Waals surface area contributed by atoms with Crippen molar-refractivity contribution in [1.29, 1.82) is 0 Å². The van der Waals surface area contributed by atoms with Crippen molar-refractivity contribution in [3.8, 4) is 11.4 Å². The molecule has 28 heavy (non-hydrogen) atoms. The Morgan fingerprint density at radius 3 is 2.89 bits per heavy atom. The van der Waals surface area contributed by atoms with Crippen LogP contribution in [0.1, 0.15) is 29.7 Å². The van der Waals surface area contributed by atoms with E-state index in [-0.39, 0.29) is 6.04 Å². The zero-order chi connectivity index (χ0) is 19.1. The van der Waals surface area contributed by atoms with Gasteiger partial charge < -0.3 is 14.0 Å². The fourth-order valence-electron chi connectivity index (χ4n) is 3.90. The molecule has 1 N–H and O–H groups in total. The van der Waals surface area contributed by atoms with Gasteiger partial charge in [0.25, 0.3) is 0 Å². The Balaban J connectivity index is 1.40. The van der Waals surface area contributed by atoms with Crippen molar-refractivity contribution >= 4 is 11.0 Å². The highest BCUT2D eigenvalue weighted by Gasteiger charge is 2.36. The van der Waals surface area contributed by atoms with E-state index in [1.54, 1.807) is 0 Å². The molecule has 1 fully saturated rings. The summed E-state index contributed by atoms with van der Waals surface area (Å²) in [6.45, 7) is 3.16. The van der Waals surface area contributed by atoms with Crippen molar-refractivity contribution in [1.82, 2.24) is 15.0 Å². The van der Waals surface area contributed by atoms with Gasteiger partial charge in [-0.05, 0) is 31.5 Å². The highest BCUT2D eigenvalue weighted by molar-refractivity contribution is 5.77. The molecule has 4 aromatic rings. The SMILES string of the molecule is Cc1cccc(-c2noc(C3CC(O)CN3Cc3cc4ccccc4o3)n2)c1. The van der Waals surface area contributed by atoms with Crippen LogP contribution in [0.3, 0.4) is 0 Å². The number of aryl methyl sites for hydroxylation is 1. The molecule has 0 aliphatic carbocycles. The predicted molar refractivity (Wildman–Crippen MR) is 104 cm³/mol. The minimum absolute atomic E-state index is 0.130. The molecule has 0 saturated carbocycles. The average molecular weight is 375 g/mol. The second-order valence-electron chi connectivity index (χ2n) is 7.41. The van der Waals surface area contributed by atoms with Crippen LogP contribution >= 0.6 is 0 Å². The van der Waals surface area contributed by atoms with Gasteiger partial charge >= 0.3 is 0 Å². The molecule has 0 amide bonds. The van der Waals surface area contributed by atoms with E-state index in [0.29, 0.717) is 31.2 Å². The molecule has 2 aromatic carbocycles. The summed E-state index contributed by atoms with van der Waals surface area (Å²) in [5, 5.41) is 15.5. The summed E-state index contributed by atoms with van der Waals surface area (Å²) in [7, 11) is 0. The predicted octanol–water partition coefficient (Wildman–Crippen LogP) is 4.10. The van der Waals surface area contributed by atoms with Gasteiger partial charge in [0, 0.05) is 17.5 Å². The highest BCUT2D eigenvalue weighted by atomic mass is 16.5. The van der Waals surface area contributed by atoms with Crippen molar-refractivity contribution in [3.05, 3.63) is 71.8 Å². The molecule has 0 spiro atoms. The number of hydrogen-bond donors (Lipinski definition) is 1. The molecule has 2 unspecified atom stereocenters. The first-order chi connectivity index (χ1) is 13.7. The molecule has 1 aliphatic heterocycles. The molecule has 3 heterocycles. The number of fused-ring (bicyclic) bond motifs is 1. The zero-order valence-electron chi connectivity index (χ0n) is 15.6. The van der Waals surface area contributed by atoms with Gasteiger partial charge in [-0.3, -0.25) is 4.90 Å². The molecule has 0 bridgehead atoms. The number of hydrogen-bond acceptors (Lipinski definition) is 6. The molecule has 2 aromatic heterocycles. The van der Waals surface area contributed by atoms with Crippen molar-refractivity contribution in [2.75, 3.05) is 6.54 Å². The van der Waals surface area contributed by atoms with Crippen LogP contribution in [0.2, 0.25) is 0 Å². The normalized spacial score (nSPS) is 20.2. The quantitative estimate of drug-likeness (QED) is 0.579. The first-order valence-electron chi connectivity index (χ1n) is 9.46. The van der Waals surface area contributed by atoms with E-state index in [1.807, 2.05) is 61.5 Å². The van der Waals surface area contributed by atoms with Gasteiger partial charge in [0.2, 0.25) is 11.7 Å². The Bertz CT molecular complexity index is 1080. The van der Waals surface area contributed by atoms with Gasteiger partial charge in [0.1, 0.15) is 11.3 Å². The van der Waals surface area contributed by atoms with E-state index in [2.05, 4.69) is 15.0 Å². The maximum absolute atomic E-state index is 10.2. The van der Waals surface area contributed by atoms with Crippen LogP contribution in [0, 0.1) is 6.92 Å². The van der Waals surface area contributed by atoms with E-state index < -0.39 is 6.10 Å². The monoisotopic (exact) mass is 375 g/mol. The lowest BCUT2D eigenvalue weighted by Gasteiger charge is -2.19. The van der Waals surface area contributed by atoms with E-state index in [4.69, 9.17) is 8.94 Å². The standard InChI is InChI=1S/C22H21N3O3/c1-14-5-4-7-16(9-14)21-23-22(28-24-21)19-11-17(26)12-25(19)13-18-10-15-6-2-3-8-20(15)27-18/h2-10,17,19,26H,11-13H2,1H3. The van der Waals surface area contributed by atoms with E-state index in [9.17, 15) is 5.11 Å². The summed E-state index contributed by atoms with van der Waals surface area (Å²) in [5.41, 5.74) is 2.94. The number of nitrogens with zero attached hydrogens (tertiary/aromatic N) is 3. The van der Waals surface area contributed by atoms with Crippen LogP contribution in [0.4, 0.5) is 0 Å². The maximum Gasteiger partial charge on any atom is 0.244 e. The van der Waals surface area contributed by atoms with Crippen molar-refractivity contribution in [3.63, 3.8) is 0 Å². The lowest BCUT2D eigenvalue weighted by molar-refractivity contribution is 0.164. The Morgan fingerprint density at radius 2 is 2.04 bits per heavy atom. The summed E-state index contributed by atoms with van der Waals surface area (Å²) >= 11 is 0. The summed E-state index contributed by atoms with van der Waals surface area (Å²) in [4.78, 5) is 6.75. The van der Waals surface area contributed by atoms with Gasteiger partial charge in [-0.15, -0.1) is 0 Å². The topological polar surface area (TPSA) is 75.5 Å². The van der Waals surface area contributed by atoms with E-state index in [0.717, 1.165) is 27.9 Å². The number of β-amino-alcohol motifs (C(OH)–C–C–N with tert-alkyl or cyclic N) is 1. The van der Waals surface area contributed by atoms with Gasteiger partial charge in [0.05, 0.1) is 18.7 Å². The second-order valence-corrected chi connectivity index (χ2v) is 7.41. The number of aromatic nitrogens is 2. The van der Waals surface area contributed by atoms with Crippen molar-refractivity contribution < 1.29 is 14.0 Å². The molecule has 142 valence electrons. The first-order valence-corrected chi connectivity index (χ1v) is 9.46. The fraction of sp³-hybridized carbons (Fsp3) is 0.273. The number of benzene rings is 2. The highest BCUT2D eigenvalue weighted by Crippen LogP contribution is 2.34. The molecule has 5 rings (SSSR count). The Morgan fingerprint density at radius 1 is 1.14 bits per heavy atom. The maximum atomic E-state index is 10.2. The number of rotatable bonds is 4. The smallest absolute Gasteiger partial charge is 0.244 e. The van der Waals surface area contributed by atoms with Crippen LogP contribution in [-0.2, 0) is 6.54 Å². The first kappa shape index (κ1) is 17.2. The number of aliphatic hydroxyl groups excluding tert-OH is 1. The Hall–Kier alpha value is -2.96. The molecule has 6 heteroatoms. The van der Waals surface area contributed by atoms with Crippen LogP contribution < -0.4 is 0 Å². The number of aliphatic hydroxyl groups is 1. The number of furan rings is 1. The molecule has 2 atom stereocenters. The summed E-state index contributed by atoms with van der Waals surface area (Å²) < 4.78 is 11.5. The largest absolute Gasteiger partial charge is 0.460 e. The van der Waals surface area contributed by atoms with E-state index >= 15 is 0 Å². The third-order valence-electron chi connectivity index (χ3n) is 5.22. The van der Waals surface area contributed by atoms with Crippen LogP contribution in [0.5, 0.6) is 0 Å². The van der Waals surface area contributed by atoms with Crippen LogP contribution in [0.15, 0.2) is 63.5 Å². The lowest BCUT2D eigenvalue weighted by atomic mass is 10.1. The molecule has 0 radical (unpaired) electrons. The van der Waals surface area contributed by atoms with Gasteiger partial charge in [-0.1, -0.05) is 47.1 Å². The summed E-state index contributed by atoms with van der Waals surface area (Å²) in [5.74, 6) is 1.96. The van der Waals surface area contributed by atoms with Gasteiger partial charge in [-0.2, -0.15) is 4.98 Å². The van der Waals surface area contributed by atoms with Gasteiger partial charge in [-0.25, -0.2) is 0 Å². The third kappa shape index (κ3) is 3.21. The van der Waals surface area contributed by atoms with Crippen LogP contribution in [0.25, 0.3) is 22.4 Å². The number of para-hydroxylation sites is 1. The zero-order valence-corrected chi connectivity index (χ0v) is 15.6. The van der Waals surface area contributed by atoms with E-state index in [1.165, 1.54) is 0 Å². The number of likely N-dealkylation sites (tertiary alicyclic amines) is 1. The Labute approximate surface area is 162 Å². The second kappa shape index (κ2) is 6.89. The third-order valence-corrected chi connectivity index (χ3v) is 5.22. The molecular weight excluding hydrogens is 354 g/mol. The minimum atomic E-state index is -0.427. The molecule has 1 saturated heterocycles. The Kier molecular flexibility index (Phi) is 4.22. The molecule has 1 aliphatic rings. The van der Waals surface area contributed by atoms with Crippen molar-refractivity contribution in [2.45, 2.75) is 32.0 Å². The van der Waals surface area contributed by atoms with Gasteiger partial charge in [0.15, 0.2) is 0 Å². The lowest BCUT2D eigenvalue weighted by Crippen LogP contribution is -2.24. The minimum Gasteiger partial charge on any atom is -0.460 e. The van der Waals surface area contributed by atoms with Crippen molar-refractivity contribution in [2.24, 2.45) is 0 Å². The molecule has 6 nitrogen and oxygen atoms in total. The average Bonchev–Trinajstić information content (AvgIpc) is 3.39. The fourth-order valence-corrected chi connectivity index (χ4v) is 3.90. The summed E-state index contributed by atoms with van der Waals surface area (Å²) in [6, 6.07) is 17.9. The van der Waals surface area contributed by atoms with Crippen LogP contribution in [-0.4, -0.2) is 32.8 Å². The molecular formula is C22H21N3O3.